The maximum Gasteiger partial charge on any atom is 0.317 e. The van der Waals surface area contributed by atoms with Crippen LogP contribution in [0.4, 0.5) is 4.39 Å². The maximum atomic E-state index is 14.0. The molecule has 1 atom stereocenters. The first kappa shape index (κ1) is 16.0. The predicted octanol–water partition coefficient (Wildman–Crippen LogP) is 2.34. The molecule has 0 aliphatic rings. The minimum Gasteiger partial charge on any atom is -0.465 e. The fraction of sp³-hybridized carbons (Fsp3) is 0.500. The van der Waals surface area contributed by atoms with E-state index < -0.39 is 17.2 Å². The van der Waals surface area contributed by atoms with Gasteiger partial charge in [-0.3, -0.25) is 4.79 Å². The summed E-state index contributed by atoms with van der Waals surface area (Å²) in [6.45, 7) is 2.02. The Morgan fingerprint density at radius 2 is 2.16 bits per heavy atom. The van der Waals surface area contributed by atoms with Crippen molar-refractivity contribution >= 4 is 17.7 Å². The van der Waals surface area contributed by atoms with Crippen molar-refractivity contribution in [2.24, 2.45) is 5.73 Å². The van der Waals surface area contributed by atoms with Gasteiger partial charge >= 0.3 is 5.97 Å². The van der Waals surface area contributed by atoms with E-state index in [-0.39, 0.29) is 13.2 Å². The van der Waals surface area contributed by atoms with Crippen LogP contribution in [0, 0.1) is 5.82 Å². The standard InChI is InChI=1S/C14H20FNO2S/c1-3-18-13(17)14(10-16,8-9-19-2)11-6-4-5-7-12(11)15/h4-7H,3,8-10,16H2,1-2H3. The number of hydrogen-bond donors (Lipinski definition) is 1. The molecule has 0 aliphatic carbocycles. The fourth-order valence-corrected chi connectivity index (χ4v) is 2.59. The predicted molar refractivity (Wildman–Crippen MR) is 76.8 cm³/mol. The molecule has 0 fully saturated rings. The molecular formula is C14H20FNO2S. The summed E-state index contributed by atoms with van der Waals surface area (Å²) in [6, 6.07) is 6.26. The van der Waals surface area contributed by atoms with Crippen LogP contribution in [0.2, 0.25) is 0 Å². The van der Waals surface area contributed by atoms with E-state index in [4.69, 9.17) is 10.5 Å². The van der Waals surface area contributed by atoms with Crippen LogP contribution in [0.1, 0.15) is 18.9 Å². The lowest BCUT2D eigenvalue weighted by atomic mass is 9.77. The van der Waals surface area contributed by atoms with E-state index in [0.717, 1.165) is 0 Å². The molecule has 1 unspecified atom stereocenters. The van der Waals surface area contributed by atoms with Crippen molar-refractivity contribution in [3.05, 3.63) is 35.6 Å². The summed E-state index contributed by atoms with van der Waals surface area (Å²) < 4.78 is 19.1. The molecule has 1 aromatic carbocycles. The number of hydrogen-bond acceptors (Lipinski definition) is 4. The average molecular weight is 285 g/mol. The van der Waals surface area contributed by atoms with Crippen LogP contribution in [0.25, 0.3) is 0 Å². The summed E-state index contributed by atoms with van der Waals surface area (Å²) in [4.78, 5) is 12.3. The molecule has 0 bridgehead atoms. The van der Waals surface area contributed by atoms with Gasteiger partial charge in [-0.2, -0.15) is 11.8 Å². The number of carbonyl (C=O) groups excluding carboxylic acids is 1. The first-order valence-electron chi connectivity index (χ1n) is 6.23. The molecular weight excluding hydrogens is 265 g/mol. The largest absolute Gasteiger partial charge is 0.465 e. The zero-order valence-electron chi connectivity index (χ0n) is 11.3. The third-order valence-electron chi connectivity index (χ3n) is 3.14. The summed E-state index contributed by atoms with van der Waals surface area (Å²) in [7, 11) is 0. The maximum absolute atomic E-state index is 14.0. The van der Waals surface area contributed by atoms with Gasteiger partial charge in [0.15, 0.2) is 0 Å². The summed E-state index contributed by atoms with van der Waals surface area (Å²) >= 11 is 1.59. The lowest BCUT2D eigenvalue weighted by molar-refractivity contribution is -0.150. The minimum atomic E-state index is -1.09. The molecule has 0 radical (unpaired) electrons. The molecule has 3 nitrogen and oxygen atoms in total. The number of nitrogens with two attached hydrogens (primary N) is 1. The average Bonchev–Trinajstić information content (AvgIpc) is 2.42. The van der Waals surface area contributed by atoms with Gasteiger partial charge in [0.2, 0.25) is 0 Å². The third kappa shape index (κ3) is 3.48. The number of ether oxygens (including phenoxy) is 1. The van der Waals surface area contributed by atoms with Crippen LogP contribution in [-0.2, 0) is 14.9 Å². The number of benzene rings is 1. The quantitative estimate of drug-likeness (QED) is 0.781. The first-order valence-corrected chi connectivity index (χ1v) is 7.63. The topological polar surface area (TPSA) is 52.3 Å². The van der Waals surface area contributed by atoms with Crippen molar-refractivity contribution in [1.29, 1.82) is 0 Å². The highest BCUT2D eigenvalue weighted by atomic mass is 32.2. The molecule has 19 heavy (non-hydrogen) atoms. The van der Waals surface area contributed by atoms with E-state index >= 15 is 0 Å². The minimum absolute atomic E-state index is 0.0350. The Morgan fingerprint density at radius 1 is 1.47 bits per heavy atom. The van der Waals surface area contributed by atoms with Gasteiger partial charge in [0.05, 0.1) is 6.61 Å². The Bertz CT molecular complexity index is 428. The molecule has 0 aliphatic heterocycles. The summed E-state index contributed by atoms with van der Waals surface area (Å²) in [5.41, 5.74) is 5.04. The molecule has 106 valence electrons. The Kier molecular flexibility index (Phi) is 6.31. The molecule has 0 amide bonds. The van der Waals surface area contributed by atoms with Crippen molar-refractivity contribution < 1.29 is 13.9 Å². The van der Waals surface area contributed by atoms with Gasteiger partial charge in [-0.25, -0.2) is 4.39 Å². The second kappa shape index (κ2) is 7.50. The fourth-order valence-electron chi connectivity index (χ4n) is 2.04. The monoisotopic (exact) mass is 285 g/mol. The van der Waals surface area contributed by atoms with E-state index in [9.17, 15) is 9.18 Å². The van der Waals surface area contributed by atoms with E-state index in [2.05, 4.69) is 0 Å². The number of rotatable bonds is 7. The number of halogens is 1. The van der Waals surface area contributed by atoms with Gasteiger partial charge in [0.1, 0.15) is 11.2 Å². The number of thioether (sulfide) groups is 1. The van der Waals surface area contributed by atoms with Crippen LogP contribution < -0.4 is 5.73 Å². The van der Waals surface area contributed by atoms with Crippen molar-refractivity contribution in [3.8, 4) is 0 Å². The Balaban J connectivity index is 3.23. The van der Waals surface area contributed by atoms with Crippen molar-refractivity contribution in [2.45, 2.75) is 18.8 Å². The van der Waals surface area contributed by atoms with E-state index in [1.807, 2.05) is 6.26 Å². The van der Waals surface area contributed by atoms with Crippen LogP contribution in [0.5, 0.6) is 0 Å². The van der Waals surface area contributed by atoms with Gasteiger partial charge in [-0.15, -0.1) is 0 Å². The molecule has 0 saturated heterocycles. The van der Waals surface area contributed by atoms with Crippen LogP contribution in [0.3, 0.4) is 0 Å². The highest BCUT2D eigenvalue weighted by Gasteiger charge is 2.41. The Hall–Kier alpha value is -1.07. The van der Waals surface area contributed by atoms with Gasteiger partial charge in [0.25, 0.3) is 0 Å². The molecule has 0 saturated carbocycles. The second-order valence-electron chi connectivity index (χ2n) is 4.23. The summed E-state index contributed by atoms with van der Waals surface area (Å²) in [5, 5.41) is 0. The summed E-state index contributed by atoms with van der Waals surface area (Å²) in [6.07, 6.45) is 2.40. The van der Waals surface area contributed by atoms with Crippen LogP contribution in [-0.4, -0.2) is 31.1 Å². The lowest BCUT2D eigenvalue weighted by Crippen LogP contribution is -2.45. The lowest BCUT2D eigenvalue weighted by Gasteiger charge is -2.30. The van der Waals surface area contributed by atoms with E-state index in [1.165, 1.54) is 6.07 Å². The Morgan fingerprint density at radius 3 is 2.68 bits per heavy atom. The third-order valence-corrected chi connectivity index (χ3v) is 3.75. The van der Waals surface area contributed by atoms with Crippen LogP contribution in [0.15, 0.2) is 24.3 Å². The van der Waals surface area contributed by atoms with E-state index in [1.54, 1.807) is 36.9 Å². The molecule has 2 N–H and O–H groups in total. The van der Waals surface area contributed by atoms with Gasteiger partial charge < -0.3 is 10.5 Å². The molecule has 1 rings (SSSR count). The first-order chi connectivity index (χ1) is 9.12. The zero-order valence-corrected chi connectivity index (χ0v) is 12.1. The molecule has 5 heteroatoms. The molecule has 0 heterocycles. The normalized spacial score (nSPS) is 13.9. The van der Waals surface area contributed by atoms with Gasteiger partial charge in [0, 0.05) is 12.1 Å². The number of carbonyl (C=O) groups is 1. The van der Waals surface area contributed by atoms with Gasteiger partial charge in [-0.05, 0) is 31.4 Å². The van der Waals surface area contributed by atoms with Crippen molar-refractivity contribution in [3.63, 3.8) is 0 Å². The smallest absolute Gasteiger partial charge is 0.317 e. The van der Waals surface area contributed by atoms with Crippen molar-refractivity contribution in [2.75, 3.05) is 25.2 Å². The van der Waals surface area contributed by atoms with Crippen molar-refractivity contribution in [1.82, 2.24) is 0 Å². The molecule has 0 spiro atoms. The van der Waals surface area contributed by atoms with E-state index in [0.29, 0.717) is 17.7 Å². The molecule has 1 aromatic rings. The van der Waals surface area contributed by atoms with Gasteiger partial charge in [-0.1, -0.05) is 18.2 Å². The SMILES string of the molecule is CCOC(=O)C(CN)(CCSC)c1ccccc1F. The zero-order chi connectivity index (χ0) is 14.3. The molecule has 0 aromatic heterocycles. The second-order valence-corrected chi connectivity index (χ2v) is 5.21. The highest BCUT2D eigenvalue weighted by Crippen LogP contribution is 2.32. The van der Waals surface area contributed by atoms with Crippen LogP contribution >= 0.6 is 11.8 Å². The highest BCUT2D eigenvalue weighted by molar-refractivity contribution is 7.98. The Labute approximate surface area is 117 Å². The summed E-state index contributed by atoms with van der Waals surface area (Å²) in [5.74, 6) is -0.150. The number of esters is 1.